The highest BCUT2D eigenvalue weighted by molar-refractivity contribution is 6.21. The minimum Gasteiger partial charge on any atom is -0.356 e. The fourth-order valence-corrected chi connectivity index (χ4v) is 7.83. The molecule has 3 aliphatic heterocycles. The number of ether oxygens (including phenoxy) is 1. The van der Waals surface area contributed by atoms with Gasteiger partial charge in [0.1, 0.15) is 5.84 Å². The molecule has 5 atom stereocenters. The molecule has 0 N–H and O–H groups in total. The van der Waals surface area contributed by atoms with E-state index in [-0.39, 0.29) is 23.8 Å². The number of fused-ring (bicyclic) bond motifs is 2. The summed E-state index contributed by atoms with van der Waals surface area (Å²) in [5.41, 5.74) is 4.32. The van der Waals surface area contributed by atoms with Gasteiger partial charge >= 0.3 is 0 Å². The van der Waals surface area contributed by atoms with Crippen molar-refractivity contribution in [2.75, 3.05) is 39.8 Å². The Bertz CT molecular complexity index is 1270. The van der Waals surface area contributed by atoms with Crippen LogP contribution >= 0.6 is 0 Å². The number of amides is 1. The molecule has 1 radical (unpaired) electrons. The number of hydrogen-bond acceptors (Lipinski definition) is 7. The van der Waals surface area contributed by atoms with Gasteiger partial charge < -0.3 is 19.4 Å². The van der Waals surface area contributed by atoms with Crippen molar-refractivity contribution < 1.29 is 9.53 Å². The van der Waals surface area contributed by atoms with Crippen molar-refractivity contribution in [3.05, 3.63) is 54.0 Å². The van der Waals surface area contributed by atoms with E-state index in [1.54, 1.807) is 4.90 Å². The van der Waals surface area contributed by atoms with Gasteiger partial charge in [0, 0.05) is 31.4 Å². The number of amidine groups is 1. The largest absolute Gasteiger partial charge is 0.356 e. The van der Waals surface area contributed by atoms with Crippen molar-refractivity contribution >= 4 is 17.5 Å². The zero-order chi connectivity index (χ0) is 28.6. The Morgan fingerprint density at radius 1 is 1.20 bits per heavy atom. The normalized spacial score (nSPS) is 32.1. The standard InChI is InChI=1S/C33H43N6O2/c1-4-30(40)39-17-16-38(21-26(39)12-14-34)31-28-11-13-33(19-25-9-6-5-8-24(25)18-23(33)2)20-29(28)35-32(36-31)41-22-27-10-7-15-37(27)3/h4-6,8-9,23,26-27,32H,1,7,10-13,15-22H2,2-3H3. The summed E-state index contributed by atoms with van der Waals surface area (Å²) in [5, 5.41) is 9.54. The number of benzene rings is 1. The lowest BCUT2D eigenvalue weighted by Crippen LogP contribution is -2.58. The van der Waals surface area contributed by atoms with Gasteiger partial charge in [-0.05, 0) is 87.1 Å². The summed E-state index contributed by atoms with van der Waals surface area (Å²) in [7, 11) is 2.17. The topological polar surface area (TPSA) is 84.5 Å². The summed E-state index contributed by atoms with van der Waals surface area (Å²) < 4.78 is 6.43. The number of piperazine rings is 1. The van der Waals surface area contributed by atoms with Crippen LogP contribution in [0.15, 0.2) is 46.9 Å². The predicted molar refractivity (Wildman–Crippen MR) is 160 cm³/mol. The molecule has 8 heteroatoms. The summed E-state index contributed by atoms with van der Waals surface area (Å²) in [6.07, 6.45) is 8.63. The van der Waals surface area contributed by atoms with E-state index in [1.165, 1.54) is 29.5 Å². The average molecular weight is 556 g/mol. The monoisotopic (exact) mass is 555 g/mol. The third-order valence-corrected chi connectivity index (χ3v) is 10.4. The number of hydrogen-bond donors (Lipinski definition) is 0. The number of likely N-dealkylation sites (tertiary alicyclic amines) is 1. The first-order valence-electron chi connectivity index (χ1n) is 15.4. The summed E-state index contributed by atoms with van der Waals surface area (Å²) in [5.74, 6) is 2.66. The van der Waals surface area contributed by atoms with Crippen LogP contribution in [0.3, 0.4) is 0 Å². The maximum absolute atomic E-state index is 12.5. The lowest BCUT2D eigenvalue weighted by Gasteiger charge is -2.50. The number of carbonyl (C=O) groups is 1. The van der Waals surface area contributed by atoms with Crippen LogP contribution in [-0.2, 0) is 22.4 Å². The summed E-state index contributed by atoms with van der Waals surface area (Å²) in [6.45, 7) is 9.62. The van der Waals surface area contributed by atoms with Crippen molar-refractivity contribution in [2.45, 2.75) is 76.7 Å². The van der Waals surface area contributed by atoms with Crippen molar-refractivity contribution in [1.29, 1.82) is 5.26 Å². The van der Waals surface area contributed by atoms with Crippen LogP contribution < -0.4 is 0 Å². The van der Waals surface area contributed by atoms with Crippen LogP contribution in [0.1, 0.15) is 56.6 Å². The summed E-state index contributed by atoms with van der Waals surface area (Å²) in [4.78, 5) is 29.3. The number of likely N-dealkylation sites (N-methyl/N-ethyl adjacent to an activating group) is 1. The first-order chi connectivity index (χ1) is 19.9. The Morgan fingerprint density at radius 3 is 2.78 bits per heavy atom. The summed E-state index contributed by atoms with van der Waals surface area (Å²) >= 11 is 0. The maximum Gasteiger partial charge on any atom is 0.247 e. The minimum absolute atomic E-state index is 0.113. The zero-order valence-electron chi connectivity index (χ0n) is 24.6. The Kier molecular flexibility index (Phi) is 8.02. The molecule has 1 amide bonds. The van der Waals surface area contributed by atoms with Gasteiger partial charge in [-0.1, -0.05) is 37.8 Å². The van der Waals surface area contributed by atoms with E-state index < -0.39 is 6.35 Å². The molecule has 1 spiro atoms. The molecule has 1 aromatic carbocycles. The third-order valence-electron chi connectivity index (χ3n) is 10.4. The molecule has 8 nitrogen and oxygen atoms in total. The minimum atomic E-state index is -0.554. The molecule has 3 heterocycles. The van der Waals surface area contributed by atoms with E-state index in [0.717, 1.165) is 56.6 Å². The van der Waals surface area contributed by atoms with Crippen LogP contribution in [0.25, 0.3) is 0 Å². The molecular weight excluding hydrogens is 512 g/mol. The van der Waals surface area contributed by atoms with Crippen molar-refractivity contribution in [3.63, 3.8) is 0 Å². The van der Waals surface area contributed by atoms with Gasteiger partial charge in [-0.3, -0.25) is 4.79 Å². The fourth-order valence-electron chi connectivity index (χ4n) is 7.83. The number of nitriles is 1. The zero-order valence-corrected chi connectivity index (χ0v) is 24.6. The lowest BCUT2D eigenvalue weighted by molar-refractivity contribution is -0.130. The smallest absolute Gasteiger partial charge is 0.247 e. The number of rotatable bonds is 5. The molecule has 1 saturated carbocycles. The third kappa shape index (κ3) is 5.47. The first kappa shape index (κ1) is 28.1. The fraction of sp³-hybridized carbons (Fsp3) is 0.606. The maximum atomic E-state index is 12.5. The number of carbonyl (C=O) groups excluding carboxylic acids is 1. The molecule has 0 bridgehead atoms. The van der Waals surface area contributed by atoms with Gasteiger partial charge in [0.05, 0.1) is 31.1 Å². The van der Waals surface area contributed by atoms with Crippen LogP contribution in [0.2, 0.25) is 0 Å². The van der Waals surface area contributed by atoms with E-state index in [1.807, 2.05) is 0 Å². The molecule has 6 rings (SSSR count). The second-order valence-corrected chi connectivity index (χ2v) is 12.7. The van der Waals surface area contributed by atoms with Crippen LogP contribution in [0, 0.1) is 28.6 Å². The van der Waals surface area contributed by atoms with E-state index in [0.29, 0.717) is 38.2 Å². The summed E-state index contributed by atoms with van der Waals surface area (Å²) in [6, 6.07) is 11.4. The van der Waals surface area contributed by atoms with Crippen LogP contribution in [0.5, 0.6) is 0 Å². The van der Waals surface area contributed by atoms with E-state index >= 15 is 0 Å². The molecule has 2 saturated heterocycles. The molecule has 3 fully saturated rings. The Labute approximate surface area is 244 Å². The molecule has 217 valence electrons. The van der Waals surface area contributed by atoms with Gasteiger partial charge in [-0.15, -0.1) is 0 Å². The van der Waals surface area contributed by atoms with Gasteiger partial charge in [-0.2, -0.15) is 5.26 Å². The molecule has 5 aliphatic rings. The Hall–Kier alpha value is -3.02. The predicted octanol–water partition coefficient (Wildman–Crippen LogP) is 4.03. The highest BCUT2D eigenvalue weighted by Gasteiger charge is 2.49. The van der Waals surface area contributed by atoms with Gasteiger partial charge in [0.15, 0.2) is 0 Å². The quantitative estimate of drug-likeness (QED) is 0.513. The van der Waals surface area contributed by atoms with Gasteiger partial charge in [-0.25, -0.2) is 9.98 Å². The van der Waals surface area contributed by atoms with Crippen LogP contribution in [0.4, 0.5) is 0 Å². The SMILES string of the molecule is C=CC(=O)N1CCN(C2=NC(OCC3CCCN3C)N=C3CC4(CC[C]32)Cc2ccccc2CC4C)CC1CC#N. The second-order valence-electron chi connectivity index (χ2n) is 12.7. The second kappa shape index (κ2) is 11.7. The molecule has 5 unspecified atom stereocenters. The first-order valence-corrected chi connectivity index (χ1v) is 15.4. The van der Waals surface area contributed by atoms with E-state index in [2.05, 4.69) is 60.7 Å². The Morgan fingerprint density at radius 2 is 2.02 bits per heavy atom. The lowest BCUT2D eigenvalue weighted by atomic mass is 9.56. The average Bonchev–Trinajstić information content (AvgIpc) is 3.40. The molecule has 2 aliphatic carbocycles. The molecule has 0 aromatic heterocycles. The van der Waals surface area contributed by atoms with Crippen LogP contribution in [-0.4, -0.2) is 90.4 Å². The number of nitrogens with zero attached hydrogens (tertiary/aromatic N) is 6. The highest BCUT2D eigenvalue weighted by atomic mass is 16.5. The number of aliphatic imine (C=N–C) groups is 2. The van der Waals surface area contributed by atoms with Crippen molar-refractivity contribution in [3.8, 4) is 6.07 Å². The molecule has 1 aromatic rings. The van der Waals surface area contributed by atoms with E-state index in [4.69, 9.17) is 14.7 Å². The van der Waals surface area contributed by atoms with Crippen molar-refractivity contribution in [1.82, 2.24) is 14.7 Å². The molecule has 41 heavy (non-hydrogen) atoms. The van der Waals surface area contributed by atoms with Crippen molar-refractivity contribution in [2.24, 2.45) is 21.3 Å². The van der Waals surface area contributed by atoms with Gasteiger partial charge in [0.25, 0.3) is 0 Å². The Balaban J connectivity index is 1.26. The highest BCUT2D eigenvalue weighted by Crippen LogP contribution is 2.51. The van der Waals surface area contributed by atoms with E-state index in [9.17, 15) is 10.1 Å². The van der Waals surface area contributed by atoms with Gasteiger partial charge in [0.2, 0.25) is 12.3 Å². The molecular formula is C33H43N6O2.